The Morgan fingerprint density at radius 3 is 2.64 bits per heavy atom. The highest BCUT2D eigenvalue weighted by Crippen LogP contribution is 2.08. The summed E-state index contributed by atoms with van der Waals surface area (Å²) < 4.78 is 26.4. The largest absolute Gasteiger partial charge is 0.271 e. The van der Waals surface area contributed by atoms with Gasteiger partial charge in [-0.1, -0.05) is 30.3 Å². The first-order chi connectivity index (χ1) is 10.6. The first kappa shape index (κ1) is 15.6. The minimum atomic E-state index is -0.516. The van der Waals surface area contributed by atoms with Gasteiger partial charge in [0.05, 0.1) is 5.71 Å². The Morgan fingerprint density at radius 2 is 1.91 bits per heavy atom. The van der Waals surface area contributed by atoms with Crippen molar-refractivity contribution >= 4 is 17.7 Å². The number of amides is 1. The van der Waals surface area contributed by atoms with E-state index in [0.717, 1.165) is 6.07 Å². The van der Waals surface area contributed by atoms with Gasteiger partial charge in [0.25, 0.3) is 5.91 Å². The van der Waals surface area contributed by atoms with Crippen LogP contribution in [0.4, 0.5) is 8.78 Å². The zero-order valence-electron chi connectivity index (χ0n) is 11.9. The summed E-state index contributed by atoms with van der Waals surface area (Å²) in [6.07, 6.45) is 3.13. The molecule has 2 rings (SSSR count). The van der Waals surface area contributed by atoms with Gasteiger partial charge in [-0.15, -0.1) is 0 Å². The SMILES string of the molecule is CC(/C=C/c1ccccc1F)=N/NC(=O)c1cccc(F)c1. The van der Waals surface area contributed by atoms with E-state index in [0.29, 0.717) is 11.3 Å². The fourth-order valence-corrected chi connectivity index (χ4v) is 1.69. The van der Waals surface area contributed by atoms with Crippen LogP contribution >= 0.6 is 0 Å². The van der Waals surface area contributed by atoms with Crippen LogP contribution < -0.4 is 5.43 Å². The smallest absolute Gasteiger partial charge is 0.267 e. The number of halogens is 2. The number of allylic oxidation sites excluding steroid dienone is 1. The second kappa shape index (κ2) is 7.26. The van der Waals surface area contributed by atoms with E-state index >= 15 is 0 Å². The molecule has 22 heavy (non-hydrogen) atoms. The molecule has 2 aromatic rings. The highest BCUT2D eigenvalue weighted by Gasteiger charge is 2.04. The first-order valence-electron chi connectivity index (χ1n) is 6.59. The number of nitrogens with zero attached hydrogens (tertiary/aromatic N) is 1. The molecule has 0 saturated heterocycles. The predicted octanol–water partition coefficient (Wildman–Crippen LogP) is 3.78. The summed E-state index contributed by atoms with van der Waals surface area (Å²) in [5.74, 6) is -1.35. The monoisotopic (exact) mass is 300 g/mol. The van der Waals surface area contributed by atoms with Crippen molar-refractivity contribution in [1.82, 2.24) is 5.43 Å². The van der Waals surface area contributed by atoms with Crippen LogP contribution in [0.5, 0.6) is 0 Å². The van der Waals surface area contributed by atoms with Gasteiger partial charge in [-0.3, -0.25) is 4.79 Å². The highest BCUT2D eigenvalue weighted by atomic mass is 19.1. The van der Waals surface area contributed by atoms with Crippen molar-refractivity contribution in [3.05, 3.63) is 77.4 Å². The average molecular weight is 300 g/mol. The lowest BCUT2D eigenvalue weighted by atomic mass is 10.2. The van der Waals surface area contributed by atoms with E-state index in [1.165, 1.54) is 24.3 Å². The third-order valence-corrected chi connectivity index (χ3v) is 2.83. The number of carbonyl (C=O) groups excluding carboxylic acids is 1. The van der Waals surface area contributed by atoms with Gasteiger partial charge in [0.2, 0.25) is 0 Å². The minimum Gasteiger partial charge on any atom is -0.267 e. The molecule has 0 unspecified atom stereocenters. The Balaban J connectivity index is 2.01. The predicted molar refractivity (Wildman–Crippen MR) is 82.4 cm³/mol. The molecular weight excluding hydrogens is 286 g/mol. The van der Waals surface area contributed by atoms with E-state index in [4.69, 9.17) is 0 Å². The summed E-state index contributed by atoms with van der Waals surface area (Å²) in [5.41, 5.74) is 3.39. The van der Waals surface area contributed by atoms with Crippen molar-refractivity contribution in [1.29, 1.82) is 0 Å². The van der Waals surface area contributed by atoms with Crippen LogP contribution in [0, 0.1) is 11.6 Å². The van der Waals surface area contributed by atoms with E-state index < -0.39 is 11.7 Å². The second-order valence-electron chi connectivity index (χ2n) is 4.56. The van der Waals surface area contributed by atoms with Gasteiger partial charge < -0.3 is 0 Å². The summed E-state index contributed by atoms with van der Waals surface area (Å²) in [7, 11) is 0. The van der Waals surface area contributed by atoms with Gasteiger partial charge in [0.1, 0.15) is 11.6 Å². The van der Waals surface area contributed by atoms with E-state index in [1.807, 2.05) is 0 Å². The van der Waals surface area contributed by atoms with Gasteiger partial charge >= 0.3 is 0 Å². The number of nitrogens with one attached hydrogen (secondary N) is 1. The maximum atomic E-state index is 13.4. The van der Waals surface area contributed by atoms with E-state index in [9.17, 15) is 13.6 Å². The Hall–Kier alpha value is -2.82. The number of benzene rings is 2. The van der Waals surface area contributed by atoms with Crippen molar-refractivity contribution in [2.24, 2.45) is 5.10 Å². The number of rotatable bonds is 4. The average Bonchev–Trinajstić information content (AvgIpc) is 2.52. The number of carbonyl (C=O) groups is 1. The lowest BCUT2D eigenvalue weighted by Crippen LogP contribution is -2.18. The summed E-state index contributed by atoms with van der Waals surface area (Å²) in [4.78, 5) is 11.8. The van der Waals surface area contributed by atoms with Gasteiger partial charge in [-0.05, 0) is 37.3 Å². The molecule has 0 atom stereocenters. The fraction of sp³-hybridized carbons (Fsp3) is 0.0588. The lowest BCUT2D eigenvalue weighted by molar-refractivity contribution is 0.0954. The van der Waals surface area contributed by atoms with Crippen LogP contribution in [-0.4, -0.2) is 11.6 Å². The summed E-state index contributed by atoms with van der Waals surface area (Å²) in [6.45, 7) is 1.66. The van der Waals surface area contributed by atoms with Crippen LogP contribution in [-0.2, 0) is 0 Å². The Labute approximate surface area is 127 Å². The molecule has 0 radical (unpaired) electrons. The Morgan fingerprint density at radius 1 is 1.14 bits per heavy atom. The highest BCUT2D eigenvalue weighted by molar-refractivity contribution is 5.99. The van der Waals surface area contributed by atoms with Gasteiger partial charge in [0.15, 0.2) is 0 Å². The van der Waals surface area contributed by atoms with Gasteiger partial charge in [-0.25, -0.2) is 14.2 Å². The molecule has 0 aliphatic heterocycles. The van der Waals surface area contributed by atoms with E-state index in [-0.39, 0.29) is 11.4 Å². The van der Waals surface area contributed by atoms with Gasteiger partial charge in [0, 0.05) is 11.1 Å². The number of hydrogen-bond donors (Lipinski definition) is 1. The van der Waals surface area contributed by atoms with Gasteiger partial charge in [-0.2, -0.15) is 5.10 Å². The van der Waals surface area contributed by atoms with Crippen LogP contribution in [0.1, 0.15) is 22.8 Å². The van der Waals surface area contributed by atoms with E-state index in [2.05, 4.69) is 10.5 Å². The molecule has 0 heterocycles. The van der Waals surface area contributed by atoms with E-state index in [1.54, 1.807) is 37.3 Å². The third kappa shape index (κ3) is 4.34. The molecule has 0 aliphatic rings. The van der Waals surface area contributed by atoms with Crippen molar-refractivity contribution in [2.75, 3.05) is 0 Å². The van der Waals surface area contributed by atoms with Crippen molar-refractivity contribution in [3.63, 3.8) is 0 Å². The zero-order valence-corrected chi connectivity index (χ0v) is 11.9. The summed E-state index contributed by atoms with van der Waals surface area (Å²) >= 11 is 0. The standard InChI is InChI=1S/C17H14F2N2O/c1-12(9-10-13-5-2-3-8-16(13)19)20-21-17(22)14-6-4-7-15(18)11-14/h2-11H,1H3,(H,21,22)/b10-9+,20-12-. The fourth-order valence-electron chi connectivity index (χ4n) is 1.69. The molecule has 112 valence electrons. The third-order valence-electron chi connectivity index (χ3n) is 2.83. The molecule has 0 saturated carbocycles. The lowest BCUT2D eigenvalue weighted by Gasteiger charge is -2.00. The molecule has 5 heteroatoms. The minimum absolute atomic E-state index is 0.176. The Kier molecular flexibility index (Phi) is 5.14. The number of hydrazone groups is 1. The summed E-state index contributed by atoms with van der Waals surface area (Å²) in [6, 6.07) is 11.6. The maximum Gasteiger partial charge on any atom is 0.271 e. The molecule has 0 spiro atoms. The van der Waals surface area contributed by atoms with Crippen LogP contribution in [0.25, 0.3) is 6.08 Å². The van der Waals surface area contributed by atoms with Crippen molar-refractivity contribution in [3.8, 4) is 0 Å². The normalized spacial score (nSPS) is 11.7. The number of hydrogen-bond acceptors (Lipinski definition) is 2. The van der Waals surface area contributed by atoms with Crippen molar-refractivity contribution in [2.45, 2.75) is 6.92 Å². The molecule has 0 aliphatic carbocycles. The molecule has 2 aromatic carbocycles. The molecule has 1 amide bonds. The first-order valence-corrected chi connectivity index (χ1v) is 6.59. The summed E-state index contributed by atoms with van der Waals surface area (Å²) in [5, 5.41) is 3.86. The quantitative estimate of drug-likeness (QED) is 0.677. The molecular formula is C17H14F2N2O. The van der Waals surface area contributed by atoms with Crippen LogP contribution in [0.15, 0.2) is 59.7 Å². The van der Waals surface area contributed by atoms with Crippen LogP contribution in [0.3, 0.4) is 0 Å². The van der Waals surface area contributed by atoms with Crippen molar-refractivity contribution < 1.29 is 13.6 Å². The maximum absolute atomic E-state index is 13.4. The molecule has 0 bridgehead atoms. The Bertz CT molecular complexity index is 739. The zero-order chi connectivity index (χ0) is 15.9. The second-order valence-corrected chi connectivity index (χ2v) is 4.56. The molecule has 0 fully saturated rings. The molecule has 3 nitrogen and oxygen atoms in total. The van der Waals surface area contributed by atoms with Crippen LogP contribution in [0.2, 0.25) is 0 Å². The topological polar surface area (TPSA) is 41.5 Å². The molecule has 0 aromatic heterocycles. The molecule has 1 N–H and O–H groups in total.